The molecular weight excluding hydrogens is 215 g/mol. The summed E-state index contributed by atoms with van der Waals surface area (Å²) in [7, 11) is 0. The zero-order valence-corrected chi connectivity index (χ0v) is 6.94. The predicted molar refractivity (Wildman–Crippen MR) is 43.0 cm³/mol. The largest absolute Gasteiger partial charge is 0.317 e. The highest BCUT2D eigenvalue weighted by Crippen LogP contribution is 2.02. The summed E-state index contributed by atoms with van der Waals surface area (Å²) in [6, 6.07) is 0.761. The lowest BCUT2D eigenvalue weighted by Gasteiger charge is -2.20. The van der Waals surface area contributed by atoms with Crippen LogP contribution in [-0.4, -0.2) is 19.1 Å². The summed E-state index contributed by atoms with van der Waals surface area (Å²) in [5.41, 5.74) is 0. The van der Waals surface area contributed by atoms with Gasteiger partial charge in [-0.3, -0.25) is 3.53 Å². The average Bonchev–Trinajstić information content (AvgIpc) is 1.90. The van der Waals surface area contributed by atoms with Gasteiger partial charge in [-0.05, 0) is 25.9 Å². The number of piperidine rings is 1. The number of rotatable bonds is 1. The Morgan fingerprint density at radius 3 is 2.38 bits per heavy atom. The molecule has 1 heterocycles. The first-order chi connectivity index (χ1) is 3.93. The van der Waals surface area contributed by atoms with Crippen LogP contribution in [0.5, 0.6) is 0 Å². The van der Waals surface area contributed by atoms with Crippen LogP contribution < -0.4 is 8.85 Å². The number of nitrogens with one attached hydrogen (secondary N) is 2. The minimum absolute atomic E-state index is 0.761. The van der Waals surface area contributed by atoms with E-state index in [2.05, 4.69) is 31.7 Å². The highest BCUT2D eigenvalue weighted by atomic mass is 127. The molecule has 0 aromatic rings. The lowest BCUT2D eigenvalue weighted by Crippen LogP contribution is -2.35. The fourth-order valence-electron chi connectivity index (χ4n) is 0.931. The molecule has 48 valence electrons. The van der Waals surface area contributed by atoms with Gasteiger partial charge in [0.1, 0.15) is 0 Å². The lowest BCUT2D eigenvalue weighted by molar-refractivity contribution is 0.446. The van der Waals surface area contributed by atoms with Gasteiger partial charge in [-0.2, -0.15) is 0 Å². The van der Waals surface area contributed by atoms with E-state index in [1.54, 1.807) is 0 Å². The van der Waals surface area contributed by atoms with E-state index in [-0.39, 0.29) is 0 Å². The van der Waals surface area contributed by atoms with Crippen LogP contribution in [0.4, 0.5) is 0 Å². The maximum absolute atomic E-state index is 3.31. The topological polar surface area (TPSA) is 24.1 Å². The standard InChI is InChI=1S/C5H11IN2/c6-8-5-1-3-7-4-2-5/h5,7-8H,1-4H2. The van der Waals surface area contributed by atoms with Crippen molar-refractivity contribution >= 4 is 22.9 Å². The molecule has 1 aliphatic rings. The van der Waals surface area contributed by atoms with Crippen molar-refractivity contribution in [1.29, 1.82) is 0 Å². The van der Waals surface area contributed by atoms with Crippen LogP contribution in [0, 0.1) is 0 Å². The molecule has 1 rings (SSSR count). The Kier molecular flexibility index (Phi) is 3.07. The van der Waals surface area contributed by atoms with Crippen LogP contribution in [0.2, 0.25) is 0 Å². The molecule has 3 heteroatoms. The molecule has 0 aliphatic carbocycles. The van der Waals surface area contributed by atoms with E-state index < -0.39 is 0 Å². The highest BCUT2D eigenvalue weighted by Gasteiger charge is 2.09. The SMILES string of the molecule is INC1CCNCC1. The third kappa shape index (κ3) is 1.87. The van der Waals surface area contributed by atoms with Gasteiger partial charge in [0.2, 0.25) is 0 Å². The van der Waals surface area contributed by atoms with Crippen LogP contribution in [0.3, 0.4) is 0 Å². The summed E-state index contributed by atoms with van der Waals surface area (Å²) in [6.45, 7) is 2.36. The van der Waals surface area contributed by atoms with Crippen LogP contribution in [-0.2, 0) is 0 Å². The van der Waals surface area contributed by atoms with Gasteiger partial charge in [0, 0.05) is 28.9 Å². The molecule has 0 bridgehead atoms. The Bertz CT molecular complexity index is 61.4. The molecule has 0 amide bonds. The van der Waals surface area contributed by atoms with Crippen LogP contribution in [0.25, 0.3) is 0 Å². The van der Waals surface area contributed by atoms with Crippen molar-refractivity contribution in [3.63, 3.8) is 0 Å². The predicted octanol–water partition coefficient (Wildman–Crippen LogP) is 0.678. The molecule has 2 N–H and O–H groups in total. The molecule has 1 fully saturated rings. The molecule has 0 saturated carbocycles. The number of hydrogen-bond donors (Lipinski definition) is 2. The minimum Gasteiger partial charge on any atom is -0.317 e. The Labute approximate surface area is 63.9 Å². The highest BCUT2D eigenvalue weighted by molar-refractivity contribution is 14.1. The van der Waals surface area contributed by atoms with Gasteiger partial charge in [-0.15, -0.1) is 0 Å². The molecule has 2 nitrogen and oxygen atoms in total. The van der Waals surface area contributed by atoms with E-state index in [9.17, 15) is 0 Å². The third-order valence-corrected chi connectivity index (χ3v) is 2.37. The van der Waals surface area contributed by atoms with E-state index in [1.807, 2.05) is 0 Å². The summed E-state index contributed by atoms with van der Waals surface area (Å²) in [5, 5.41) is 3.31. The molecule has 8 heavy (non-hydrogen) atoms. The first-order valence-corrected chi connectivity index (χ1v) is 4.08. The molecule has 1 aliphatic heterocycles. The maximum Gasteiger partial charge on any atom is 0.0187 e. The summed E-state index contributed by atoms with van der Waals surface area (Å²) in [6.07, 6.45) is 2.56. The Balaban J connectivity index is 2.13. The van der Waals surface area contributed by atoms with Crippen molar-refractivity contribution in [3.8, 4) is 0 Å². The van der Waals surface area contributed by atoms with Gasteiger partial charge >= 0.3 is 0 Å². The fraction of sp³-hybridized carbons (Fsp3) is 1.00. The second kappa shape index (κ2) is 3.63. The Morgan fingerprint density at radius 1 is 1.38 bits per heavy atom. The van der Waals surface area contributed by atoms with Gasteiger partial charge in [-0.1, -0.05) is 0 Å². The molecule has 0 aromatic heterocycles. The van der Waals surface area contributed by atoms with Crippen LogP contribution >= 0.6 is 22.9 Å². The summed E-state index contributed by atoms with van der Waals surface area (Å²) in [4.78, 5) is 0. The van der Waals surface area contributed by atoms with E-state index in [4.69, 9.17) is 0 Å². The van der Waals surface area contributed by atoms with Gasteiger partial charge in [-0.25, -0.2) is 0 Å². The van der Waals surface area contributed by atoms with Gasteiger partial charge in [0.15, 0.2) is 0 Å². The second-order valence-electron chi connectivity index (χ2n) is 2.13. The molecule has 0 unspecified atom stereocenters. The molecule has 0 atom stereocenters. The average molecular weight is 226 g/mol. The smallest absolute Gasteiger partial charge is 0.0187 e. The second-order valence-corrected chi connectivity index (χ2v) is 2.76. The Morgan fingerprint density at radius 2 is 2.00 bits per heavy atom. The quantitative estimate of drug-likeness (QED) is 0.507. The molecule has 1 saturated heterocycles. The first kappa shape index (κ1) is 6.77. The van der Waals surface area contributed by atoms with Gasteiger partial charge in [0.05, 0.1) is 0 Å². The normalized spacial score (nSPS) is 23.6. The Hall–Kier alpha value is 0.650. The molecule has 0 spiro atoms. The fourth-order valence-corrected chi connectivity index (χ4v) is 1.55. The van der Waals surface area contributed by atoms with Gasteiger partial charge < -0.3 is 5.32 Å². The van der Waals surface area contributed by atoms with Crippen molar-refractivity contribution in [1.82, 2.24) is 8.85 Å². The summed E-state index contributed by atoms with van der Waals surface area (Å²) >= 11 is 2.23. The minimum atomic E-state index is 0.761. The molecule has 0 radical (unpaired) electrons. The van der Waals surface area contributed by atoms with Crippen molar-refractivity contribution in [2.24, 2.45) is 0 Å². The number of halogens is 1. The van der Waals surface area contributed by atoms with E-state index >= 15 is 0 Å². The van der Waals surface area contributed by atoms with Crippen molar-refractivity contribution in [2.75, 3.05) is 13.1 Å². The van der Waals surface area contributed by atoms with Crippen LogP contribution in [0.1, 0.15) is 12.8 Å². The van der Waals surface area contributed by atoms with E-state index in [0.29, 0.717) is 0 Å². The number of hydrogen-bond acceptors (Lipinski definition) is 2. The van der Waals surface area contributed by atoms with Gasteiger partial charge in [0.25, 0.3) is 0 Å². The maximum atomic E-state index is 3.31. The van der Waals surface area contributed by atoms with Crippen molar-refractivity contribution in [3.05, 3.63) is 0 Å². The molecule has 0 aromatic carbocycles. The van der Waals surface area contributed by atoms with Crippen LogP contribution in [0.15, 0.2) is 0 Å². The zero-order valence-electron chi connectivity index (χ0n) is 4.78. The van der Waals surface area contributed by atoms with Crippen molar-refractivity contribution in [2.45, 2.75) is 18.9 Å². The first-order valence-electron chi connectivity index (χ1n) is 3.00. The zero-order chi connectivity index (χ0) is 5.82. The summed E-state index contributed by atoms with van der Waals surface area (Å²) < 4.78 is 3.23. The van der Waals surface area contributed by atoms with E-state index in [1.165, 1.54) is 25.9 Å². The molecular formula is C5H11IN2. The monoisotopic (exact) mass is 226 g/mol. The summed E-state index contributed by atoms with van der Waals surface area (Å²) in [5.74, 6) is 0. The lowest BCUT2D eigenvalue weighted by atomic mass is 10.1. The van der Waals surface area contributed by atoms with Crippen molar-refractivity contribution < 1.29 is 0 Å². The third-order valence-electron chi connectivity index (χ3n) is 1.49. The van der Waals surface area contributed by atoms with E-state index in [0.717, 1.165) is 6.04 Å².